The summed E-state index contributed by atoms with van der Waals surface area (Å²) in [5, 5.41) is 6.61. The highest BCUT2D eigenvalue weighted by Gasteiger charge is 2.41. The third kappa shape index (κ3) is 6.44. The number of hydrogen-bond donors (Lipinski definition) is 2. The van der Waals surface area contributed by atoms with Gasteiger partial charge in [-0.2, -0.15) is 0 Å². The minimum atomic E-state index is -0.639. The van der Waals surface area contributed by atoms with Crippen LogP contribution in [-0.4, -0.2) is 76.0 Å². The molecule has 3 aliphatic rings. The molecule has 8 heteroatoms. The van der Waals surface area contributed by atoms with Crippen LogP contribution >= 0.6 is 24.8 Å². The number of hydrogen-bond acceptors (Lipinski definition) is 5. The summed E-state index contributed by atoms with van der Waals surface area (Å²) in [4.78, 5) is 15.5. The van der Waals surface area contributed by atoms with Gasteiger partial charge >= 0.3 is 0 Å². The van der Waals surface area contributed by atoms with E-state index in [4.69, 9.17) is 9.47 Å². The molecule has 0 spiro atoms. The van der Waals surface area contributed by atoms with Crippen LogP contribution in [-0.2, 0) is 14.3 Å². The van der Waals surface area contributed by atoms with Crippen molar-refractivity contribution in [3.05, 3.63) is 0 Å². The molecule has 27 heavy (non-hydrogen) atoms. The van der Waals surface area contributed by atoms with E-state index in [9.17, 15) is 4.79 Å². The number of halogens is 2. The predicted molar refractivity (Wildman–Crippen MR) is 112 cm³/mol. The maximum Gasteiger partial charge on any atom is 0.252 e. The predicted octanol–water partition coefficient (Wildman–Crippen LogP) is 2.00. The van der Waals surface area contributed by atoms with E-state index in [0.29, 0.717) is 0 Å². The summed E-state index contributed by atoms with van der Waals surface area (Å²) in [6.07, 6.45) is 7.82. The zero-order chi connectivity index (χ0) is 17.6. The first kappa shape index (κ1) is 24.9. The quantitative estimate of drug-likeness (QED) is 0.681. The monoisotopic (exact) mass is 425 g/mol. The zero-order valence-electron chi connectivity index (χ0n) is 16.6. The molecule has 2 saturated heterocycles. The van der Waals surface area contributed by atoms with Gasteiger partial charge in [0.15, 0.2) is 0 Å². The van der Waals surface area contributed by atoms with E-state index >= 15 is 0 Å². The van der Waals surface area contributed by atoms with Gasteiger partial charge in [0.05, 0.1) is 13.2 Å². The smallest absolute Gasteiger partial charge is 0.252 e. The van der Waals surface area contributed by atoms with Gasteiger partial charge in [0.2, 0.25) is 0 Å². The summed E-state index contributed by atoms with van der Waals surface area (Å²) in [7, 11) is 1.68. The molecule has 1 saturated carbocycles. The Bertz CT molecular complexity index is 436. The van der Waals surface area contributed by atoms with Crippen molar-refractivity contribution < 1.29 is 14.3 Å². The van der Waals surface area contributed by atoms with Crippen LogP contribution < -0.4 is 10.6 Å². The Morgan fingerprint density at radius 2 is 1.70 bits per heavy atom. The lowest BCUT2D eigenvalue weighted by atomic mass is 9.73. The van der Waals surface area contributed by atoms with Crippen molar-refractivity contribution in [1.29, 1.82) is 0 Å². The van der Waals surface area contributed by atoms with Gasteiger partial charge < -0.3 is 20.1 Å². The minimum Gasteiger partial charge on any atom is -0.379 e. The zero-order valence-corrected chi connectivity index (χ0v) is 18.2. The molecule has 1 aliphatic carbocycles. The van der Waals surface area contributed by atoms with Gasteiger partial charge in [-0.05, 0) is 38.8 Å². The Balaban J connectivity index is 0.00000182. The molecular formula is C19H37Cl2N3O3. The van der Waals surface area contributed by atoms with Crippen LogP contribution in [0.25, 0.3) is 0 Å². The van der Waals surface area contributed by atoms with Gasteiger partial charge in [-0.15, -0.1) is 24.8 Å². The van der Waals surface area contributed by atoms with Crippen LogP contribution in [0, 0.1) is 5.41 Å². The fraction of sp³-hybridized carbons (Fsp3) is 0.947. The average Bonchev–Trinajstić information content (AvgIpc) is 2.68. The second kappa shape index (κ2) is 11.8. The van der Waals surface area contributed by atoms with Crippen molar-refractivity contribution in [3.8, 4) is 0 Å². The lowest BCUT2D eigenvalue weighted by Crippen LogP contribution is -2.57. The number of piperidine rings is 1. The van der Waals surface area contributed by atoms with E-state index in [1.807, 2.05) is 0 Å². The summed E-state index contributed by atoms with van der Waals surface area (Å²) in [6, 6.07) is 0. The third-order valence-corrected chi connectivity index (χ3v) is 6.42. The van der Waals surface area contributed by atoms with Crippen molar-refractivity contribution in [3.63, 3.8) is 0 Å². The molecule has 0 atom stereocenters. The maximum absolute atomic E-state index is 12.9. The Kier molecular flexibility index (Phi) is 10.9. The Morgan fingerprint density at radius 1 is 1.07 bits per heavy atom. The van der Waals surface area contributed by atoms with Crippen molar-refractivity contribution >= 4 is 30.7 Å². The summed E-state index contributed by atoms with van der Waals surface area (Å²) < 4.78 is 11.2. The molecular weight excluding hydrogens is 389 g/mol. The number of carbonyl (C=O) groups is 1. The third-order valence-electron chi connectivity index (χ3n) is 6.42. The number of carbonyl (C=O) groups excluding carboxylic acids is 1. The van der Waals surface area contributed by atoms with Crippen LogP contribution in [0.2, 0.25) is 0 Å². The molecule has 2 aliphatic heterocycles. The molecule has 0 unspecified atom stereocenters. The molecule has 1 amide bonds. The Labute approximate surface area is 176 Å². The van der Waals surface area contributed by atoms with E-state index < -0.39 is 5.60 Å². The van der Waals surface area contributed by atoms with Gasteiger partial charge in [-0.25, -0.2) is 0 Å². The summed E-state index contributed by atoms with van der Waals surface area (Å²) >= 11 is 0. The second-order valence-electron chi connectivity index (χ2n) is 8.08. The molecule has 160 valence electrons. The summed E-state index contributed by atoms with van der Waals surface area (Å²) in [5.74, 6) is 0.0865. The summed E-state index contributed by atoms with van der Waals surface area (Å²) in [6.45, 7) is 7.26. The summed E-state index contributed by atoms with van der Waals surface area (Å²) in [5.41, 5.74) is -0.423. The van der Waals surface area contributed by atoms with Gasteiger partial charge in [-0.1, -0.05) is 19.3 Å². The molecule has 0 aromatic rings. The lowest BCUT2D eigenvalue weighted by Gasteiger charge is -2.43. The van der Waals surface area contributed by atoms with Crippen molar-refractivity contribution in [2.24, 2.45) is 5.41 Å². The van der Waals surface area contributed by atoms with E-state index in [1.54, 1.807) is 7.11 Å². The van der Waals surface area contributed by atoms with Gasteiger partial charge in [-0.3, -0.25) is 9.69 Å². The van der Waals surface area contributed by atoms with Crippen LogP contribution in [0.4, 0.5) is 0 Å². The number of amides is 1. The van der Waals surface area contributed by atoms with Crippen LogP contribution in [0.15, 0.2) is 0 Å². The minimum absolute atomic E-state index is 0. The maximum atomic E-state index is 12.9. The Hall–Kier alpha value is -0.110. The van der Waals surface area contributed by atoms with Gasteiger partial charge in [0, 0.05) is 38.7 Å². The molecule has 3 fully saturated rings. The van der Waals surface area contributed by atoms with Crippen LogP contribution in [0.5, 0.6) is 0 Å². The first-order valence-electron chi connectivity index (χ1n) is 10.0. The number of ether oxygens (including phenoxy) is 2. The number of methoxy groups -OCH3 is 1. The number of nitrogens with zero attached hydrogens (tertiary/aromatic N) is 1. The van der Waals surface area contributed by atoms with Gasteiger partial charge in [0.1, 0.15) is 5.60 Å². The molecule has 2 N–H and O–H groups in total. The first-order chi connectivity index (χ1) is 12.2. The fourth-order valence-electron chi connectivity index (χ4n) is 4.71. The van der Waals surface area contributed by atoms with Crippen LogP contribution in [0.3, 0.4) is 0 Å². The molecule has 0 aromatic carbocycles. The molecule has 3 rings (SSSR count). The topological polar surface area (TPSA) is 62.8 Å². The number of rotatable bonds is 6. The molecule has 0 bridgehead atoms. The second-order valence-corrected chi connectivity index (χ2v) is 8.08. The lowest BCUT2D eigenvalue weighted by molar-refractivity contribution is -0.147. The number of nitrogens with one attached hydrogen (secondary N) is 2. The molecule has 0 aromatic heterocycles. The van der Waals surface area contributed by atoms with Crippen molar-refractivity contribution in [2.75, 3.05) is 59.6 Å². The van der Waals surface area contributed by atoms with E-state index in [0.717, 1.165) is 65.3 Å². The normalized spacial score (nSPS) is 24.9. The SMILES string of the molecule is COC1(C(=O)NCC2(CN3CCOCC3)CCCCC2)CCNCC1.Cl.Cl. The molecule has 6 nitrogen and oxygen atoms in total. The number of morpholine rings is 1. The highest BCUT2D eigenvalue weighted by molar-refractivity contribution is 5.86. The standard InChI is InChI=1S/C19H35N3O3.2ClH/c1-24-19(7-9-20-10-8-19)17(23)21-15-18(5-3-2-4-6-18)16-22-11-13-25-14-12-22;;/h20H,2-16H2,1H3,(H,21,23);2*1H. The highest BCUT2D eigenvalue weighted by Crippen LogP contribution is 2.37. The van der Waals surface area contributed by atoms with E-state index in [-0.39, 0.29) is 36.1 Å². The molecule has 0 radical (unpaired) electrons. The van der Waals surface area contributed by atoms with Crippen LogP contribution in [0.1, 0.15) is 44.9 Å². The van der Waals surface area contributed by atoms with E-state index in [2.05, 4.69) is 15.5 Å². The Morgan fingerprint density at radius 3 is 2.30 bits per heavy atom. The largest absolute Gasteiger partial charge is 0.379 e. The van der Waals surface area contributed by atoms with Crippen molar-refractivity contribution in [2.45, 2.75) is 50.5 Å². The molecule has 2 heterocycles. The van der Waals surface area contributed by atoms with Crippen molar-refractivity contribution in [1.82, 2.24) is 15.5 Å². The first-order valence-corrected chi connectivity index (χ1v) is 10.0. The van der Waals surface area contributed by atoms with E-state index in [1.165, 1.54) is 32.1 Å². The fourth-order valence-corrected chi connectivity index (χ4v) is 4.71. The van der Waals surface area contributed by atoms with Gasteiger partial charge in [0.25, 0.3) is 5.91 Å². The highest BCUT2D eigenvalue weighted by atomic mass is 35.5. The average molecular weight is 426 g/mol.